The lowest BCUT2D eigenvalue weighted by atomic mass is 10.2. The highest BCUT2D eigenvalue weighted by molar-refractivity contribution is 9.10. The molecule has 0 bridgehead atoms. The van der Waals surface area contributed by atoms with Gasteiger partial charge in [-0.25, -0.2) is 0 Å². The van der Waals surface area contributed by atoms with Crippen molar-refractivity contribution in [2.75, 3.05) is 11.1 Å². The fraction of sp³-hybridized carbons (Fsp3) is 0.0833. The number of amides is 1. The second-order valence-corrected chi connectivity index (χ2v) is 5.45. The van der Waals surface area contributed by atoms with Crippen molar-refractivity contribution in [3.8, 4) is 0 Å². The fourth-order valence-electron chi connectivity index (χ4n) is 1.45. The predicted molar refractivity (Wildman–Crippen MR) is 75.6 cm³/mol. The van der Waals surface area contributed by atoms with Gasteiger partial charge < -0.3 is 11.1 Å². The largest absolute Gasteiger partial charge is 0.397 e. The lowest BCUT2D eigenvalue weighted by Gasteiger charge is -2.08. The van der Waals surface area contributed by atoms with E-state index in [9.17, 15) is 4.79 Å². The maximum atomic E-state index is 11.9. The highest BCUT2D eigenvalue weighted by Crippen LogP contribution is 2.23. The van der Waals surface area contributed by atoms with Crippen LogP contribution >= 0.6 is 27.3 Å². The molecule has 88 valence electrons. The van der Waals surface area contributed by atoms with Gasteiger partial charge >= 0.3 is 0 Å². The van der Waals surface area contributed by atoms with Crippen LogP contribution in [0.5, 0.6) is 0 Å². The third kappa shape index (κ3) is 2.68. The lowest BCUT2D eigenvalue weighted by Crippen LogP contribution is -2.12. The molecule has 5 heteroatoms. The number of hydrogen-bond acceptors (Lipinski definition) is 3. The smallest absolute Gasteiger partial charge is 0.267 e. The number of rotatable bonds is 2. The number of benzene rings is 1. The molecule has 0 saturated heterocycles. The molecule has 17 heavy (non-hydrogen) atoms. The van der Waals surface area contributed by atoms with E-state index < -0.39 is 0 Å². The van der Waals surface area contributed by atoms with Crippen molar-refractivity contribution in [2.45, 2.75) is 6.92 Å². The first kappa shape index (κ1) is 12.1. The zero-order valence-corrected chi connectivity index (χ0v) is 11.6. The number of nitrogens with one attached hydrogen (secondary N) is 1. The van der Waals surface area contributed by atoms with E-state index in [1.54, 1.807) is 11.4 Å². The number of carbonyl (C=O) groups is 1. The average Bonchev–Trinajstić information content (AvgIpc) is 2.68. The Morgan fingerprint density at radius 3 is 2.76 bits per heavy atom. The Bertz CT molecular complexity index is 565. The third-order valence-corrected chi connectivity index (χ3v) is 3.76. The molecule has 0 aliphatic heterocycles. The summed E-state index contributed by atoms with van der Waals surface area (Å²) < 4.78 is 0.989. The van der Waals surface area contributed by atoms with Crippen LogP contribution in [-0.4, -0.2) is 5.91 Å². The van der Waals surface area contributed by atoms with Crippen LogP contribution in [0.4, 0.5) is 11.4 Å². The molecule has 0 spiro atoms. The summed E-state index contributed by atoms with van der Waals surface area (Å²) in [5.41, 5.74) is 8.02. The quantitative estimate of drug-likeness (QED) is 0.889. The molecular formula is C12H11BrN2OS. The Morgan fingerprint density at radius 1 is 1.41 bits per heavy atom. The van der Waals surface area contributed by atoms with Crippen LogP contribution in [0.15, 0.2) is 34.1 Å². The number of halogens is 1. The molecule has 1 aromatic carbocycles. The van der Waals surface area contributed by atoms with E-state index in [2.05, 4.69) is 21.2 Å². The van der Waals surface area contributed by atoms with Crippen molar-refractivity contribution in [1.82, 2.24) is 0 Å². The van der Waals surface area contributed by atoms with Crippen molar-refractivity contribution in [3.63, 3.8) is 0 Å². The van der Waals surface area contributed by atoms with Gasteiger partial charge in [-0.1, -0.05) is 15.9 Å². The van der Waals surface area contributed by atoms with E-state index >= 15 is 0 Å². The van der Waals surface area contributed by atoms with Crippen LogP contribution < -0.4 is 11.1 Å². The first-order valence-electron chi connectivity index (χ1n) is 4.98. The van der Waals surface area contributed by atoms with E-state index in [1.807, 2.05) is 25.1 Å². The molecule has 0 unspecified atom stereocenters. The van der Waals surface area contributed by atoms with Gasteiger partial charge in [-0.15, -0.1) is 11.3 Å². The fourth-order valence-corrected chi connectivity index (χ4v) is 2.64. The normalized spacial score (nSPS) is 10.2. The number of anilines is 2. The first-order valence-corrected chi connectivity index (χ1v) is 6.65. The predicted octanol–water partition coefficient (Wildman–Crippen LogP) is 3.65. The van der Waals surface area contributed by atoms with Crippen molar-refractivity contribution in [3.05, 3.63) is 44.6 Å². The minimum absolute atomic E-state index is 0.164. The number of carbonyl (C=O) groups excluding carboxylic acids is 1. The molecule has 0 saturated carbocycles. The average molecular weight is 311 g/mol. The van der Waals surface area contributed by atoms with Crippen LogP contribution in [0.2, 0.25) is 0 Å². The summed E-state index contributed by atoms with van der Waals surface area (Å²) in [6.07, 6.45) is 0. The molecule has 0 atom stereocenters. The van der Waals surface area contributed by atoms with Crippen molar-refractivity contribution < 1.29 is 4.79 Å². The second-order valence-electron chi connectivity index (χ2n) is 3.62. The van der Waals surface area contributed by atoms with Crippen LogP contribution in [0.3, 0.4) is 0 Å². The number of hydrogen-bond donors (Lipinski definition) is 2. The first-order chi connectivity index (χ1) is 8.08. The molecule has 0 radical (unpaired) electrons. The van der Waals surface area contributed by atoms with E-state index in [4.69, 9.17) is 5.73 Å². The van der Waals surface area contributed by atoms with Gasteiger partial charge in [-0.05, 0) is 42.1 Å². The Balaban J connectivity index is 2.22. The summed E-state index contributed by atoms with van der Waals surface area (Å²) in [5.74, 6) is -0.164. The molecular weight excluding hydrogens is 300 g/mol. The molecule has 2 aromatic rings. The monoisotopic (exact) mass is 310 g/mol. The van der Waals surface area contributed by atoms with E-state index in [0.29, 0.717) is 10.6 Å². The summed E-state index contributed by atoms with van der Waals surface area (Å²) in [5, 5.41) is 4.66. The van der Waals surface area contributed by atoms with Crippen molar-refractivity contribution >= 4 is 44.5 Å². The third-order valence-electron chi connectivity index (χ3n) is 2.34. The molecule has 1 aromatic heterocycles. The van der Waals surface area contributed by atoms with Gasteiger partial charge in [-0.2, -0.15) is 0 Å². The summed E-state index contributed by atoms with van der Waals surface area (Å²) in [4.78, 5) is 12.5. The van der Waals surface area contributed by atoms with Crippen LogP contribution in [0.25, 0.3) is 0 Å². The molecule has 1 amide bonds. The maximum Gasteiger partial charge on any atom is 0.267 e. The molecule has 1 heterocycles. The van der Waals surface area contributed by atoms with Gasteiger partial charge in [0.2, 0.25) is 0 Å². The van der Waals surface area contributed by atoms with Gasteiger partial charge in [0.1, 0.15) is 4.88 Å². The molecule has 3 N–H and O–H groups in total. The van der Waals surface area contributed by atoms with Crippen molar-refractivity contribution in [1.29, 1.82) is 0 Å². The summed E-state index contributed by atoms with van der Waals surface area (Å²) >= 11 is 4.72. The summed E-state index contributed by atoms with van der Waals surface area (Å²) in [7, 11) is 0. The topological polar surface area (TPSA) is 55.1 Å². The number of nitrogen functional groups attached to an aromatic ring is 1. The molecule has 0 aliphatic carbocycles. The minimum atomic E-state index is -0.164. The van der Waals surface area contributed by atoms with Gasteiger partial charge in [0.05, 0.1) is 5.69 Å². The van der Waals surface area contributed by atoms with E-state index in [1.165, 1.54) is 11.3 Å². The molecule has 0 fully saturated rings. The van der Waals surface area contributed by atoms with Crippen LogP contribution in [0, 0.1) is 6.92 Å². The Hall–Kier alpha value is -1.33. The van der Waals surface area contributed by atoms with Gasteiger partial charge in [0.15, 0.2) is 0 Å². The number of aryl methyl sites for hydroxylation is 1. The van der Waals surface area contributed by atoms with E-state index in [-0.39, 0.29) is 5.91 Å². The Labute approximate surface area is 112 Å². The van der Waals surface area contributed by atoms with Gasteiger partial charge in [0, 0.05) is 10.2 Å². The van der Waals surface area contributed by atoms with Gasteiger partial charge in [0.25, 0.3) is 5.91 Å². The van der Waals surface area contributed by atoms with Crippen molar-refractivity contribution in [2.24, 2.45) is 0 Å². The van der Waals surface area contributed by atoms with Crippen LogP contribution in [-0.2, 0) is 0 Å². The second kappa shape index (κ2) is 4.89. The van der Waals surface area contributed by atoms with Crippen LogP contribution in [0.1, 0.15) is 15.2 Å². The standard InChI is InChI=1S/C12H11BrN2OS/c1-7-6-8(13)2-3-10(7)15-12(16)11-9(14)4-5-17-11/h2-6H,14H2,1H3,(H,15,16). The SMILES string of the molecule is Cc1cc(Br)ccc1NC(=O)c1sccc1N. The molecule has 0 aliphatic rings. The number of nitrogens with two attached hydrogens (primary N) is 1. The van der Waals surface area contributed by atoms with E-state index in [0.717, 1.165) is 15.7 Å². The van der Waals surface area contributed by atoms with Gasteiger partial charge in [-0.3, -0.25) is 4.79 Å². The molecule has 3 nitrogen and oxygen atoms in total. The Morgan fingerprint density at radius 2 is 2.18 bits per heavy atom. The molecule has 2 rings (SSSR count). The zero-order valence-electron chi connectivity index (χ0n) is 9.16. The highest BCUT2D eigenvalue weighted by Gasteiger charge is 2.12. The number of thiophene rings is 1. The highest BCUT2D eigenvalue weighted by atomic mass is 79.9. The lowest BCUT2D eigenvalue weighted by molar-refractivity contribution is 0.103. The summed E-state index contributed by atoms with van der Waals surface area (Å²) in [6, 6.07) is 7.43. The minimum Gasteiger partial charge on any atom is -0.397 e. The Kier molecular flexibility index (Phi) is 3.49. The summed E-state index contributed by atoms with van der Waals surface area (Å²) in [6.45, 7) is 1.94. The maximum absolute atomic E-state index is 11.9. The zero-order chi connectivity index (χ0) is 12.4.